The highest BCUT2D eigenvalue weighted by atomic mass is 19.4. The summed E-state index contributed by atoms with van der Waals surface area (Å²) in [5, 5.41) is 17.9. The molecule has 1 unspecified atom stereocenters. The average molecular weight is 434 g/mol. The molecule has 1 N–H and O–H groups in total. The van der Waals surface area contributed by atoms with Crippen molar-refractivity contribution < 1.29 is 18.0 Å². The molecule has 8 heteroatoms. The average Bonchev–Trinajstić information content (AvgIpc) is 2.76. The third-order valence-electron chi connectivity index (χ3n) is 5.04. The van der Waals surface area contributed by atoms with Crippen LogP contribution in [0.2, 0.25) is 0 Å². The van der Waals surface area contributed by atoms with E-state index in [1.807, 2.05) is 6.07 Å². The fourth-order valence-electron chi connectivity index (χ4n) is 3.39. The predicted octanol–water partition coefficient (Wildman–Crippen LogP) is 4.71. The van der Waals surface area contributed by atoms with Gasteiger partial charge in [0.2, 0.25) is 0 Å². The largest absolute Gasteiger partial charge is 0.416 e. The quantitative estimate of drug-likeness (QED) is 0.745. The van der Waals surface area contributed by atoms with Gasteiger partial charge in [0.05, 0.1) is 22.9 Å². The Hall–Kier alpha value is -4.12. The molecule has 5 nitrogen and oxygen atoms in total. The molecule has 0 bridgehead atoms. The van der Waals surface area contributed by atoms with Crippen LogP contribution in [0.4, 0.5) is 13.2 Å². The fourth-order valence-corrected chi connectivity index (χ4v) is 3.39. The Balaban J connectivity index is 1.71. The Morgan fingerprint density at radius 3 is 2.31 bits per heavy atom. The lowest BCUT2D eigenvalue weighted by Gasteiger charge is -2.32. The minimum atomic E-state index is -4.41. The van der Waals surface area contributed by atoms with E-state index in [4.69, 9.17) is 5.26 Å². The smallest absolute Gasteiger partial charge is 0.360 e. The van der Waals surface area contributed by atoms with Crippen molar-refractivity contribution in [1.29, 1.82) is 5.26 Å². The van der Waals surface area contributed by atoms with Crippen LogP contribution in [0.25, 0.3) is 11.3 Å². The number of halogens is 3. The molecule has 2 aromatic rings. The zero-order chi connectivity index (χ0) is 22.9. The maximum absolute atomic E-state index is 12.9. The first kappa shape index (κ1) is 21.1. The molecule has 4 rings (SSSR count). The molecule has 32 heavy (non-hydrogen) atoms. The Labute approximate surface area is 182 Å². The van der Waals surface area contributed by atoms with Gasteiger partial charge in [0, 0.05) is 11.8 Å². The number of nitrogens with one attached hydrogen (secondary N) is 1. The van der Waals surface area contributed by atoms with Crippen LogP contribution in [0, 0.1) is 11.3 Å². The normalized spacial score (nSPS) is 21.0. The number of carbonyl (C=O) groups excluding carboxylic acids is 1. The zero-order valence-electron chi connectivity index (χ0n) is 16.9. The van der Waals surface area contributed by atoms with Gasteiger partial charge >= 0.3 is 6.18 Å². The highest BCUT2D eigenvalue weighted by molar-refractivity contribution is 6.01. The van der Waals surface area contributed by atoms with E-state index in [2.05, 4.69) is 10.4 Å². The summed E-state index contributed by atoms with van der Waals surface area (Å²) in [5.41, 5.74) is 2.84. The van der Waals surface area contributed by atoms with E-state index in [9.17, 15) is 18.0 Å². The molecular formula is C24H17F3N4O. The number of alkyl halides is 3. The van der Waals surface area contributed by atoms with E-state index in [1.165, 1.54) is 23.2 Å². The Morgan fingerprint density at radius 1 is 1.03 bits per heavy atom. The number of nitrogens with zero attached hydrogens (tertiary/aromatic N) is 3. The van der Waals surface area contributed by atoms with Crippen molar-refractivity contribution in [3.8, 4) is 6.07 Å². The lowest BCUT2D eigenvalue weighted by atomic mass is 10.0. The van der Waals surface area contributed by atoms with Crippen LogP contribution in [0.5, 0.6) is 0 Å². The molecule has 2 aromatic carbocycles. The Bertz CT molecular complexity index is 1210. The molecule has 0 aliphatic carbocycles. The molecule has 2 aliphatic heterocycles. The van der Waals surface area contributed by atoms with E-state index < -0.39 is 17.9 Å². The lowest BCUT2D eigenvalue weighted by Crippen LogP contribution is -2.47. The standard InChI is InChI=1S/C24H17F3N4O/c1-15-2-5-19(17-8-10-20(11-9-17)24(25,26)27)12-22-29-21(13-23(32)31(22)30-15)18-6-3-16(14-28)4-7-18/h2-13,22,29H,1H3/b5-2-,19-12?,30-15-. The maximum atomic E-state index is 12.9. The second-order valence-electron chi connectivity index (χ2n) is 7.29. The number of nitriles is 1. The highest BCUT2D eigenvalue weighted by Crippen LogP contribution is 2.31. The van der Waals surface area contributed by atoms with Crippen molar-refractivity contribution in [3.63, 3.8) is 0 Å². The summed E-state index contributed by atoms with van der Waals surface area (Å²) in [6, 6.07) is 13.7. The third-order valence-corrected chi connectivity index (χ3v) is 5.04. The van der Waals surface area contributed by atoms with E-state index >= 15 is 0 Å². The SMILES string of the molecule is CC1=N/N2C(=O)C=C(c3ccc(C#N)cc3)NC2C=C(c2ccc(C(F)(F)F)cc2)/C=C\1. The third kappa shape index (κ3) is 4.32. The van der Waals surface area contributed by atoms with E-state index in [0.717, 1.165) is 17.7 Å². The van der Waals surface area contributed by atoms with Gasteiger partial charge in [0.1, 0.15) is 6.17 Å². The molecule has 0 saturated heterocycles. The van der Waals surface area contributed by atoms with Crippen LogP contribution in [-0.4, -0.2) is 22.8 Å². The summed E-state index contributed by atoms with van der Waals surface area (Å²) in [4.78, 5) is 12.8. The molecule has 0 spiro atoms. The number of benzene rings is 2. The summed E-state index contributed by atoms with van der Waals surface area (Å²) in [5.74, 6) is -0.342. The van der Waals surface area contributed by atoms with Gasteiger partial charge < -0.3 is 5.32 Å². The lowest BCUT2D eigenvalue weighted by molar-refractivity contribution is -0.137. The minimum absolute atomic E-state index is 0.342. The number of allylic oxidation sites excluding steroid dienone is 3. The van der Waals surface area contributed by atoms with Crippen LogP contribution in [-0.2, 0) is 11.0 Å². The first-order valence-electron chi connectivity index (χ1n) is 9.69. The molecule has 1 atom stereocenters. The molecule has 2 aliphatic rings. The molecule has 0 saturated carbocycles. The fraction of sp³-hybridized carbons (Fsp3) is 0.125. The van der Waals surface area contributed by atoms with Gasteiger partial charge in [-0.25, -0.2) is 5.01 Å². The second-order valence-corrected chi connectivity index (χ2v) is 7.29. The van der Waals surface area contributed by atoms with Crippen molar-refractivity contribution in [1.82, 2.24) is 10.3 Å². The van der Waals surface area contributed by atoms with Crippen molar-refractivity contribution in [2.75, 3.05) is 0 Å². The van der Waals surface area contributed by atoms with Crippen LogP contribution in [0.1, 0.15) is 29.2 Å². The topological polar surface area (TPSA) is 68.5 Å². The summed E-state index contributed by atoms with van der Waals surface area (Å²) < 4.78 is 38.8. The second kappa shape index (κ2) is 8.19. The first-order valence-corrected chi connectivity index (χ1v) is 9.69. The first-order chi connectivity index (χ1) is 15.2. The molecule has 0 radical (unpaired) electrons. The minimum Gasteiger partial charge on any atom is -0.360 e. The number of fused-ring (bicyclic) bond motifs is 1. The number of hydrazone groups is 1. The van der Waals surface area contributed by atoms with Gasteiger partial charge in [0.25, 0.3) is 5.91 Å². The number of carbonyl (C=O) groups is 1. The summed E-state index contributed by atoms with van der Waals surface area (Å²) >= 11 is 0. The monoisotopic (exact) mass is 434 g/mol. The van der Waals surface area contributed by atoms with E-state index in [-0.39, 0.29) is 5.91 Å². The van der Waals surface area contributed by atoms with Crippen LogP contribution in [0.15, 0.2) is 77.9 Å². The van der Waals surface area contributed by atoms with Crippen molar-refractivity contribution >= 4 is 22.9 Å². The van der Waals surface area contributed by atoms with Gasteiger partial charge in [-0.15, -0.1) is 0 Å². The summed E-state index contributed by atoms with van der Waals surface area (Å²) in [7, 11) is 0. The van der Waals surface area contributed by atoms with Gasteiger partial charge in [-0.1, -0.05) is 30.3 Å². The van der Waals surface area contributed by atoms with Crippen LogP contribution >= 0.6 is 0 Å². The van der Waals surface area contributed by atoms with Gasteiger partial charge in [-0.3, -0.25) is 4.79 Å². The van der Waals surface area contributed by atoms with Crippen molar-refractivity contribution in [2.24, 2.45) is 5.10 Å². The van der Waals surface area contributed by atoms with Crippen molar-refractivity contribution in [3.05, 3.63) is 95.1 Å². The molecular weight excluding hydrogens is 417 g/mol. The number of hydrogen-bond donors (Lipinski definition) is 1. The van der Waals surface area contributed by atoms with E-state index in [1.54, 1.807) is 49.4 Å². The van der Waals surface area contributed by atoms with Crippen LogP contribution < -0.4 is 5.32 Å². The highest BCUT2D eigenvalue weighted by Gasteiger charge is 2.31. The molecule has 0 fully saturated rings. The zero-order valence-corrected chi connectivity index (χ0v) is 16.9. The van der Waals surface area contributed by atoms with Gasteiger partial charge in [-0.2, -0.15) is 23.5 Å². The Morgan fingerprint density at radius 2 is 1.69 bits per heavy atom. The van der Waals surface area contributed by atoms with Gasteiger partial charge in [0.15, 0.2) is 0 Å². The molecule has 1 amide bonds. The number of hydrogen-bond acceptors (Lipinski definition) is 4. The Kier molecular flexibility index (Phi) is 5.41. The molecule has 160 valence electrons. The van der Waals surface area contributed by atoms with Gasteiger partial charge in [-0.05, 0) is 60.0 Å². The predicted molar refractivity (Wildman–Crippen MR) is 115 cm³/mol. The van der Waals surface area contributed by atoms with Crippen LogP contribution in [0.3, 0.4) is 0 Å². The van der Waals surface area contributed by atoms with Crippen molar-refractivity contribution in [2.45, 2.75) is 19.3 Å². The summed E-state index contributed by atoms with van der Waals surface area (Å²) in [6.45, 7) is 1.73. The maximum Gasteiger partial charge on any atom is 0.416 e. The molecule has 0 aromatic heterocycles. The number of rotatable bonds is 2. The molecule has 2 heterocycles. The summed E-state index contributed by atoms with van der Waals surface area (Å²) in [6.07, 6.45) is 1.55. The number of amides is 1. The van der Waals surface area contributed by atoms with E-state index in [0.29, 0.717) is 28.1 Å².